The van der Waals surface area contributed by atoms with Crippen LogP contribution in [0.4, 0.5) is 9.93 Å². The van der Waals surface area contributed by atoms with Crippen LogP contribution in [-0.4, -0.2) is 24.2 Å². The molecule has 1 N–H and O–H groups in total. The Labute approximate surface area is 166 Å². The van der Waals surface area contributed by atoms with Crippen molar-refractivity contribution in [1.82, 2.24) is 4.98 Å². The fourth-order valence-corrected chi connectivity index (χ4v) is 4.09. The van der Waals surface area contributed by atoms with E-state index in [-0.39, 0.29) is 17.7 Å². The van der Waals surface area contributed by atoms with Crippen molar-refractivity contribution >= 4 is 40.1 Å². The van der Waals surface area contributed by atoms with Crippen molar-refractivity contribution in [2.24, 2.45) is 5.92 Å². The number of ether oxygens (including phenoxy) is 2. The number of hydrogen-bond donors (Lipinski definition) is 1. The lowest BCUT2D eigenvalue weighted by Crippen LogP contribution is -2.23. The molecule has 6 nitrogen and oxygen atoms in total. The molecular weight excluding hydrogens is 388 g/mol. The quantitative estimate of drug-likeness (QED) is 0.661. The normalized spacial score (nSPS) is 15.3. The Morgan fingerprint density at radius 3 is 2.67 bits per heavy atom. The average molecular weight is 409 g/mol. The summed E-state index contributed by atoms with van der Waals surface area (Å²) < 4.78 is 9.29. The number of thiazole rings is 1. The van der Waals surface area contributed by atoms with Gasteiger partial charge in [-0.2, -0.15) is 4.98 Å². The summed E-state index contributed by atoms with van der Waals surface area (Å²) in [6, 6.07) is 7.40. The van der Waals surface area contributed by atoms with Crippen molar-refractivity contribution < 1.29 is 19.1 Å². The van der Waals surface area contributed by atoms with Crippen molar-refractivity contribution in [1.29, 1.82) is 0 Å². The van der Waals surface area contributed by atoms with Crippen LogP contribution in [-0.2, 0) is 9.53 Å². The molecule has 0 saturated heterocycles. The number of hydrogen-bond acceptors (Lipinski definition) is 6. The molecule has 3 rings (SSSR count). The topological polar surface area (TPSA) is 77.5 Å². The molecule has 8 heteroatoms. The van der Waals surface area contributed by atoms with E-state index in [2.05, 4.69) is 15.0 Å². The van der Waals surface area contributed by atoms with Crippen molar-refractivity contribution in [2.45, 2.75) is 38.0 Å². The summed E-state index contributed by atoms with van der Waals surface area (Å²) in [4.78, 5) is 28.2. The zero-order chi connectivity index (χ0) is 19.2. The SMILES string of the molecule is COC(=O)Oc1csc(NC(=O)C(CC2CCCC2)c2ccc(Cl)cc2)n1. The largest absolute Gasteiger partial charge is 0.514 e. The summed E-state index contributed by atoms with van der Waals surface area (Å²) in [5.41, 5.74) is 0.936. The van der Waals surface area contributed by atoms with Crippen molar-refractivity contribution in [3.05, 3.63) is 40.2 Å². The molecule has 2 aromatic rings. The van der Waals surface area contributed by atoms with Gasteiger partial charge in [-0.15, -0.1) is 11.3 Å². The second kappa shape index (κ2) is 9.19. The molecule has 1 aliphatic rings. The van der Waals surface area contributed by atoms with Crippen molar-refractivity contribution in [3.63, 3.8) is 0 Å². The molecule has 0 spiro atoms. The first kappa shape index (κ1) is 19.6. The Morgan fingerprint density at radius 1 is 1.30 bits per heavy atom. The number of rotatable bonds is 6. The molecular formula is C19H21ClN2O4S. The number of benzene rings is 1. The van der Waals surface area contributed by atoms with E-state index < -0.39 is 6.16 Å². The minimum absolute atomic E-state index is 0.0981. The highest BCUT2D eigenvalue weighted by molar-refractivity contribution is 7.14. The van der Waals surface area contributed by atoms with Crippen LogP contribution >= 0.6 is 22.9 Å². The molecule has 1 heterocycles. The van der Waals surface area contributed by atoms with E-state index in [1.165, 1.54) is 31.3 Å². The first-order chi connectivity index (χ1) is 13.0. The van der Waals surface area contributed by atoms with Crippen LogP contribution < -0.4 is 10.1 Å². The molecule has 1 atom stereocenters. The van der Waals surface area contributed by atoms with Gasteiger partial charge in [0, 0.05) is 5.02 Å². The van der Waals surface area contributed by atoms with Gasteiger partial charge in [0.1, 0.15) is 0 Å². The molecule has 1 aromatic carbocycles. The van der Waals surface area contributed by atoms with Gasteiger partial charge in [0.25, 0.3) is 0 Å². The first-order valence-corrected chi connectivity index (χ1v) is 10.1. The van der Waals surface area contributed by atoms with Gasteiger partial charge in [-0.1, -0.05) is 49.4 Å². The number of nitrogens with one attached hydrogen (secondary N) is 1. The number of methoxy groups -OCH3 is 1. The van der Waals surface area contributed by atoms with E-state index in [9.17, 15) is 9.59 Å². The van der Waals surface area contributed by atoms with Gasteiger partial charge in [0.05, 0.1) is 18.4 Å². The number of anilines is 1. The standard InChI is InChI=1S/C19H21ClN2O4S/c1-25-19(24)26-16-11-27-18(21-16)22-17(23)15(10-12-4-2-3-5-12)13-6-8-14(20)9-7-13/h6-9,11-12,15H,2-5,10H2,1H3,(H,21,22,23). The zero-order valence-corrected chi connectivity index (χ0v) is 16.5. The predicted octanol–water partition coefficient (Wildman–Crippen LogP) is 5.24. The Morgan fingerprint density at radius 2 is 2.00 bits per heavy atom. The lowest BCUT2D eigenvalue weighted by atomic mass is 9.87. The molecule has 27 heavy (non-hydrogen) atoms. The number of carbonyl (C=O) groups excluding carboxylic acids is 2. The van der Waals surface area contributed by atoms with Gasteiger partial charge in [-0.05, 0) is 30.0 Å². The Bertz CT molecular complexity index is 787. The molecule has 1 saturated carbocycles. The third-order valence-corrected chi connectivity index (χ3v) is 5.69. The molecule has 0 radical (unpaired) electrons. The minimum atomic E-state index is -0.849. The molecule has 1 aliphatic carbocycles. The molecule has 0 bridgehead atoms. The summed E-state index contributed by atoms with van der Waals surface area (Å²) in [6.07, 6.45) is 4.71. The Kier molecular flexibility index (Phi) is 6.68. The van der Waals surface area contributed by atoms with Gasteiger partial charge in [-0.25, -0.2) is 4.79 Å². The number of amides is 1. The average Bonchev–Trinajstić information content (AvgIpc) is 3.32. The number of nitrogens with zero attached hydrogens (tertiary/aromatic N) is 1. The van der Waals surface area contributed by atoms with Crippen LogP contribution in [0.1, 0.15) is 43.6 Å². The fourth-order valence-electron chi connectivity index (χ4n) is 3.35. The van der Waals surface area contributed by atoms with Gasteiger partial charge in [0.2, 0.25) is 11.8 Å². The van der Waals surface area contributed by atoms with Gasteiger partial charge in [-0.3, -0.25) is 4.79 Å². The maximum absolute atomic E-state index is 13.0. The second-order valence-electron chi connectivity index (χ2n) is 6.53. The van der Waals surface area contributed by atoms with E-state index in [1.807, 2.05) is 12.1 Å². The smallest absolute Gasteiger partial charge is 0.437 e. The summed E-state index contributed by atoms with van der Waals surface area (Å²) in [6.45, 7) is 0. The Balaban J connectivity index is 1.72. The second-order valence-corrected chi connectivity index (χ2v) is 7.82. The van der Waals surface area contributed by atoms with Crippen LogP contribution in [0.15, 0.2) is 29.6 Å². The monoisotopic (exact) mass is 408 g/mol. The highest BCUT2D eigenvalue weighted by Crippen LogP contribution is 2.35. The predicted molar refractivity (Wildman–Crippen MR) is 105 cm³/mol. The third-order valence-electron chi connectivity index (χ3n) is 4.70. The molecule has 144 valence electrons. The first-order valence-electron chi connectivity index (χ1n) is 8.83. The van der Waals surface area contributed by atoms with Crippen LogP contribution in [0.3, 0.4) is 0 Å². The van der Waals surface area contributed by atoms with Crippen LogP contribution in [0, 0.1) is 5.92 Å². The maximum Gasteiger partial charge on any atom is 0.514 e. The molecule has 1 aromatic heterocycles. The highest BCUT2D eigenvalue weighted by Gasteiger charge is 2.27. The van der Waals surface area contributed by atoms with E-state index in [4.69, 9.17) is 16.3 Å². The van der Waals surface area contributed by atoms with Crippen LogP contribution in [0.2, 0.25) is 5.02 Å². The van der Waals surface area contributed by atoms with Crippen molar-refractivity contribution in [3.8, 4) is 5.88 Å². The van der Waals surface area contributed by atoms with E-state index in [0.717, 1.165) is 24.8 Å². The molecule has 1 amide bonds. The van der Waals surface area contributed by atoms with Crippen LogP contribution in [0.5, 0.6) is 5.88 Å². The molecule has 1 unspecified atom stereocenters. The Hall–Kier alpha value is -2.12. The van der Waals surface area contributed by atoms with E-state index in [1.54, 1.807) is 17.5 Å². The molecule has 0 aliphatic heterocycles. The summed E-state index contributed by atoms with van der Waals surface area (Å²) in [5, 5.41) is 5.41. The van der Waals surface area contributed by atoms with E-state index >= 15 is 0 Å². The number of aromatic nitrogens is 1. The van der Waals surface area contributed by atoms with Gasteiger partial charge < -0.3 is 14.8 Å². The molecule has 1 fully saturated rings. The maximum atomic E-state index is 13.0. The lowest BCUT2D eigenvalue weighted by molar-refractivity contribution is -0.118. The zero-order valence-electron chi connectivity index (χ0n) is 14.9. The fraction of sp³-hybridized carbons (Fsp3) is 0.421. The van der Waals surface area contributed by atoms with Gasteiger partial charge >= 0.3 is 6.16 Å². The van der Waals surface area contributed by atoms with Crippen molar-refractivity contribution in [2.75, 3.05) is 12.4 Å². The number of halogens is 1. The van der Waals surface area contributed by atoms with Crippen LogP contribution in [0.25, 0.3) is 0 Å². The summed E-state index contributed by atoms with van der Waals surface area (Å²) in [5.74, 6) is 0.245. The highest BCUT2D eigenvalue weighted by atomic mass is 35.5. The lowest BCUT2D eigenvalue weighted by Gasteiger charge is -2.20. The summed E-state index contributed by atoms with van der Waals surface area (Å²) >= 11 is 7.18. The third kappa shape index (κ3) is 5.43. The van der Waals surface area contributed by atoms with Gasteiger partial charge in [0.15, 0.2) is 5.13 Å². The minimum Gasteiger partial charge on any atom is -0.437 e. The van der Waals surface area contributed by atoms with E-state index in [0.29, 0.717) is 16.1 Å². The number of carbonyl (C=O) groups is 2. The summed E-state index contributed by atoms with van der Waals surface area (Å²) in [7, 11) is 1.22.